The van der Waals surface area contributed by atoms with Crippen LogP contribution in [0.3, 0.4) is 0 Å². The molecule has 8 nitrogen and oxygen atoms in total. The molecule has 0 saturated carbocycles. The summed E-state index contributed by atoms with van der Waals surface area (Å²) in [6, 6.07) is 31.8. The second-order valence-corrected chi connectivity index (χ2v) is 10.4. The van der Waals surface area contributed by atoms with Crippen LogP contribution < -0.4 is 10.3 Å². The lowest BCUT2D eigenvalue weighted by Gasteiger charge is -2.18. The Morgan fingerprint density at radius 3 is 2.30 bits per heavy atom. The molecule has 1 N–H and O–H groups in total. The minimum absolute atomic E-state index is 0.0969. The van der Waals surface area contributed by atoms with E-state index in [-0.39, 0.29) is 5.56 Å². The minimum atomic E-state index is -0.0969. The van der Waals surface area contributed by atoms with Crippen molar-refractivity contribution in [2.45, 2.75) is 26.5 Å². The van der Waals surface area contributed by atoms with Crippen LogP contribution in [0.15, 0.2) is 102 Å². The van der Waals surface area contributed by atoms with Crippen LogP contribution in [0.4, 0.5) is 0 Å². The lowest BCUT2D eigenvalue weighted by molar-refractivity contribution is 0.307. The number of aromatic amines is 1. The van der Waals surface area contributed by atoms with Gasteiger partial charge in [0, 0.05) is 11.4 Å². The third-order valence-electron chi connectivity index (χ3n) is 6.61. The molecule has 6 aromatic rings. The molecule has 3 aromatic heterocycles. The maximum atomic E-state index is 14.2. The van der Waals surface area contributed by atoms with Crippen LogP contribution in [-0.4, -0.2) is 30.2 Å². The summed E-state index contributed by atoms with van der Waals surface area (Å²) in [6.07, 6.45) is 0.685. The highest BCUT2D eigenvalue weighted by molar-refractivity contribution is 7.18. The topological polar surface area (TPSA) is 98.6 Å². The van der Waals surface area contributed by atoms with Gasteiger partial charge in [0.1, 0.15) is 18.2 Å². The summed E-state index contributed by atoms with van der Waals surface area (Å²) in [5.74, 6) is 1.82. The second-order valence-electron chi connectivity index (χ2n) is 9.27. The molecule has 0 atom stereocenters. The fourth-order valence-corrected chi connectivity index (χ4v) is 5.65. The van der Waals surface area contributed by atoms with Gasteiger partial charge in [-0.2, -0.15) is 0 Å². The monoisotopic (exact) mass is 546 g/mol. The summed E-state index contributed by atoms with van der Waals surface area (Å²) in [5.41, 5.74) is 4.11. The van der Waals surface area contributed by atoms with Gasteiger partial charge >= 0.3 is 0 Å². The maximum Gasteiger partial charge on any atom is 0.262 e. The molecule has 0 aliphatic rings. The highest BCUT2D eigenvalue weighted by Crippen LogP contribution is 2.34. The van der Waals surface area contributed by atoms with Gasteiger partial charge in [-0.25, -0.2) is 10.1 Å². The number of para-hydroxylation sites is 1. The Hall–Kier alpha value is -4.89. The Morgan fingerprint density at radius 1 is 0.850 bits per heavy atom. The Bertz CT molecular complexity index is 1780. The van der Waals surface area contributed by atoms with E-state index < -0.39 is 0 Å². The van der Waals surface area contributed by atoms with E-state index in [2.05, 4.69) is 32.8 Å². The van der Waals surface area contributed by atoms with Crippen LogP contribution in [-0.2, 0) is 19.6 Å². The molecule has 0 aliphatic carbocycles. The van der Waals surface area contributed by atoms with E-state index in [0.717, 1.165) is 26.4 Å². The zero-order chi connectivity index (χ0) is 27.3. The normalized spacial score (nSPS) is 11.0. The number of hydrogen-bond donors (Lipinski definition) is 1. The minimum Gasteiger partial charge on any atom is -0.488 e. The highest BCUT2D eigenvalue weighted by atomic mass is 32.1. The van der Waals surface area contributed by atoms with Gasteiger partial charge in [-0.1, -0.05) is 72.8 Å². The van der Waals surface area contributed by atoms with Crippen molar-refractivity contribution < 1.29 is 4.74 Å². The summed E-state index contributed by atoms with van der Waals surface area (Å²) in [4.78, 5) is 20.9. The summed E-state index contributed by atoms with van der Waals surface area (Å²) in [5, 5.41) is 14.1. The SMILES string of the molecule is Cc1nc(-c2ccccc2OCc2ccccc2)n(CCc2ccccc2)c(=O)c1-c1ccc(-c2nnn[nH]2)s1. The number of H-pyrrole nitrogens is 1. The van der Waals surface area contributed by atoms with E-state index >= 15 is 0 Å². The first-order chi connectivity index (χ1) is 19.7. The fourth-order valence-electron chi connectivity index (χ4n) is 4.62. The van der Waals surface area contributed by atoms with Crippen molar-refractivity contribution in [3.05, 3.63) is 124 Å². The molecule has 0 radical (unpaired) electrons. The summed E-state index contributed by atoms with van der Waals surface area (Å²) >= 11 is 1.45. The van der Waals surface area contributed by atoms with E-state index in [9.17, 15) is 4.79 Å². The number of ether oxygens (including phenoxy) is 1. The first kappa shape index (κ1) is 25.4. The van der Waals surface area contributed by atoms with Crippen LogP contribution >= 0.6 is 11.3 Å². The molecule has 0 aliphatic heterocycles. The van der Waals surface area contributed by atoms with Crippen LogP contribution in [0.5, 0.6) is 5.75 Å². The standard InChI is InChI=1S/C31H26N6O2S/c1-21-28(26-16-17-27(40-26)29-33-35-36-34-29)31(38)37(19-18-22-10-4-2-5-11-22)30(32-21)24-14-8-9-15-25(24)39-20-23-12-6-3-7-13-23/h2-17H,18-20H2,1H3,(H,33,34,35,36). The fraction of sp³-hybridized carbons (Fsp3) is 0.129. The van der Waals surface area contributed by atoms with E-state index in [0.29, 0.717) is 48.2 Å². The number of rotatable bonds is 9. The molecular weight excluding hydrogens is 520 g/mol. The molecule has 40 heavy (non-hydrogen) atoms. The molecule has 9 heteroatoms. The van der Waals surface area contributed by atoms with Crippen LogP contribution in [0.25, 0.3) is 32.5 Å². The maximum absolute atomic E-state index is 14.2. The van der Waals surface area contributed by atoms with Crippen LogP contribution in [0, 0.1) is 6.92 Å². The Balaban J connectivity index is 1.43. The Labute approximate surface area is 235 Å². The van der Waals surface area contributed by atoms with Crippen molar-refractivity contribution in [2.24, 2.45) is 0 Å². The van der Waals surface area contributed by atoms with Gasteiger partial charge in [0.05, 0.1) is 21.7 Å². The largest absolute Gasteiger partial charge is 0.488 e. The molecule has 3 heterocycles. The molecule has 6 rings (SSSR count). The lowest BCUT2D eigenvalue weighted by Crippen LogP contribution is -2.27. The molecule has 0 unspecified atom stereocenters. The first-order valence-corrected chi connectivity index (χ1v) is 13.7. The van der Waals surface area contributed by atoms with Crippen molar-refractivity contribution in [3.8, 4) is 38.3 Å². The smallest absolute Gasteiger partial charge is 0.262 e. The number of hydrogen-bond acceptors (Lipinski definition) is 7. The van der Waals surface area contributed by atoms with Gasteiger partial charge in [0.25, 0.3) is 5.56 Å². The lowest BCUT2D eigenvalue weighted by atomic mass is 10.1. The van der Waals surface area contributed by atoms with Crippen molar-refractivity contribution in [1.29, 1.82) is 0 Å². The number of tetrazole rings is 1. The van der Waals surface area contributed by atoms with Gasteiger partial charge < -0.3 is 4.74 Å². The third kappa shape index (κ3) is 5.32. The number of nitrogens with zero attached hydrogens (tertiary/aromatic N) is 5. The van der Waals surface area contributed by atoms with Gasteiger partial charge in [-0.15, -0.1) is 16.4 Å². The van der Waals surface area contributed by atoms with Gasteiger partial charge in [0.2, 0.25) is 0 Å². The summed E-state index contributed by atoms with van der Waals surface area (Å²) in [7, 11) is 0. The molecule has 0 spiro atoms. The van der Waals surface area contributed by atoms with E-state index in [1.54, 1.807) is 4.57 Å². The average molecular weight is 547 g/mol. The van der Waals surface area contributed by atoms with Crippen molar-refractivity contribution >= 4 is 11.3 Å². The van der Waals surface area contributed by atoms with Crippen molar-refractivity contribution in [3.63, 3.8) is 0 Å². The quantitative estimate of drug-likeness (QED) is 0.241. The van der Waals surface area contributed by atoms with E-state index in [1.807, 2.05) is 91.9 Å². The first-order valence-electron chi connectivity index (χ1n) is 12.9. The number of benzene rings is 3. The van der Waals surface area contributed by atoms with Gasteiger partial charge in [0.15, 0.2) is 5.82 Å². The van der Waals surface area contributed by atoms with Crippen LogP contribution in [0.2, 0.25) is 0 Å². The predicted molar refractivity (Wildman–Crippen MR) is 156 cm³/mol. The molecule has 198 valence electrons. The third-order valence-corrected chi connectivity index (χ3v) is 7.72. The molecule has 0 saturated heterocycles. The number of aromatic nitrogens is 6. The number of nitrogens with one attached hydrogen (secondary N) is 1. The second kappa shape index (κ2) is 11.5. The molecular formula is C31H26N6O2S. The highest BCUT2D eigenvalue weighted by Gasteiger charge is 2.21. The van der Waals surface area contributed by atoms with E-state index in [1.165, 1.54) is 11.3 Å². The summed E-state index contributed by atoms with van der Waals surface area (Å²) in [6.45, 7) is 2.76. The molecule has 0 bridgehead atoms. The number of aryl methyl sites for hydroxylation is 2. The zero-order valence-electron chi connectivity index (χ0n) is 21.8. The molecule has 3 aromatic carbocycles. The average Bonchev–Trinajstić information content (AvgIpc) is 3.70. The Kier molecular flexibility index (Phi) is 7.28. The van der Waals surface area contributed by atoms with E-state index in [4.69, 9.17) is 9.72 Å². The van der Waals surface area contributed by atoms with Gasteiger partial charge in [-0.3, -0.25) is 9.36 Å². The molecule has 0 amide bonds. The van der Waals surface area contributed by atoms with Crippen LogP contribution in [0.1, 0.15) is 16.8 Å². The van der Waals surface area contributed by atoms with Gasteiger partial charge in [-0.05, 0) is 59.2 Å². The zero-order valence-corrected chi connectivity index (χ0v) is 22.6. The van der Waals surface area contributed by atoms with Crippen molar-refractivity contribution in [2.75, 3.05) is 0 Å². The Morgan fingerprint density at radius 2 is 1.55 bits per heavy atom. The number of thiophene rings is 1. The predicted octanol–water partition coefficient (Wildman–Crippen LogP) is 5.95. The van der Waals surface area contributed by atoms with Crippen molar-refractivity contribution in [1.82, 2.24) is 30.2 Å². The summed E-state index contributed by atoms with van der Waals surface area (Å²) < 4.78 is 8.03. The molecule has 0 fully saturated rings.